The van der Waals surface area contributed by atoms with Crippen LogP contribution in [0.5, 0.6) is 0 Å². The summed E-state index contributed by atoms with van der Waals surface area (Å²) in [6, 6.07) is 0.587. The van der Waals surface area contributed by atoms with Gasteiger partial charge in [0.2, 0.25) is 0 Å². The van der Waals surface area contributed by atoms with Crippen LogP contribution in [0.25, 0.3) is 0 Å². The lowest BCUT2D eigenvalue weighted by atomic mass is 10.0. The van der Waals surface area contributed by atoms with Gasteiger partial charge in [-0.15, -0.1) is 0 Å². The van der Waals surface area contributed by atoms with Crippen molar-refractivity contribution < 1.29 is 9.53 Å². The first-order valence-corrected chi connectivity index (χ1v) is 7.37. The predicted molar refractivity (Wildman–Crippen MR) is 73.4 cm³/mol. The second-order valence-corrected chi connectivity index (χ2v) is 5.04. The molecule has 4 heteroatoms. The summed E-state index contributed by atoms with van der Waals surface area (Å²) in [5.74, 6) is -0.0599. The largest absolute Gasteiger partial charge is 0.466 e. The molecule has 1 aliphatic rings. The van der Waals surface area contributed by atoms with Crippen LogP contribution in [0.2, 0.25) is 0 Å². The molecule has 4 nitrogen and oxygen atoms in total. The van der Waals surface area contributed by atoms with E-state index in [4.69, 9.17) is 10.5 Å². The number of ether oxygens (including phenoxy) is 1. The number of likely N-dealkylation sites (tertiary alicyclic amines) is 1. The first-order chi connectivity index (χ1) is 8.77. The molecule has 0 aromatic carbocycles. The van der Waals surface area contributed by atoms with Crippen LogP contribution in [-0.4, -0.2) is 43.2 Å². The summed E-state index contributed by atoms with van der Waals surface area (Å²) in [5.41, 5.74) is 5.79. The van der Waals surface area contributed by atoms with Crippen LogP contribution in [0.4, 0.5) is 0 Å². The number of nitrogens with two attached hydrogens (primary N) is 1. The molecule has 1 saturated heterocycles. The normalized spacial score (nSPS) is 20.9. The quantitative estimate of drug-likeness (QED) is 0.532. The molecular weight excluding hydrogens is 228 g/mol. The van der Waals surface area contributed by atoms with E-state index >= 15 is 0 Å². The van der Waals surface area contributed by atoms with Gasteiger partial charge >= 0.3 is 5.97 Å². The number of nitrogens with zero attached hydrogens (tertiary/aromatic N) is 1. The first-order valence-electron chi connectivity index (χ1n) is 7.37. The summed E-state index contributed by atoms with van der Waals surface area (Å²) in [5, 5.41) is 0. The minimum Gasteiger partial charge on any atom is -0.466 e. The van der Waals surface area contributed by atoms with E-state index in [0.717, 1.165) is 32.4 Å². The summed E-state index contributed by atoms with van der Waals surface area (Å²) in [7, 11) is 0. The zero-order valence-corrected chi connectivity index (χ0v) is 11.7. The van der Waals surface area contributed by atoms with E-state index < -0.39 is 0 Å². The molecule has 0 amide bonds. The van der Waals surface area contributed by atoms with Gasteiger partial charge in [0.15, 0.2) is 0 Å². The number of hydrogen-bond acceptors (Lipinski definition) is 4. The molecule has 1 fully saturated rings. The van der Waals surface area contributed by atoms with E-state index in [1.807, 2.05) is 6.92 Å². The maximum atomic E-state index is 11.2. The zero-order chi connectivity index (χ0) is 13.2. The predicted octanol–water partition coefficient (Wildman–Crippen LogP) is 1.92. The number of esters is 1. The lowest BCUT2D eigenvalue weighted by molar-refractivity contribution is -0.143. The minimum atomic E-state index is -0.0599. The molecule has 1 heterocycles. The molecule has 0 bridgehead atoms. The molecule has 1 atom stereocenters. The summed E-state index contributed by atoms with van der Waals surface area (Å²) in [4.78, 5) is 13.7. The Kier molecular flexibility index (Phi) is 8.01. The highest BCUT2D eigenvalue weighted by molar-refractivity contribution is 5.69. The fraction of sp³-hybridized carbons (Fsp3) is 0.929. The second kappa shape index (κ2) is 9.34. The second-order valence-electron chi connectivity index (χ2n) is 5.04. The summed E-state index contributed by atoms with van der Waals surface area (Å²) < 4.78 is 4.91. The number of carbonyl (C=O) groups excluding carboxylic acids is 1. The number of unbranched alkanes of at least 4 members (excludes halogenated alkanes) is 2. The highest BCUT2D eigenvalue weighted by Crippen LogP contribution is 2.17. The van der Waals surface area contributed by atoms with E-state index in [1.165, 1.54) is 25.8 Å². The van der Waals surface area contributed by atoms with Crippen molar-refractivity contribution in [2.45, 2.75) is 57.9 Å². The van der Waals surface area contributed by atoms with Crippen molar-refractivity contribution in [3.63, 3.8) is 0 Å². The van der Waals surface area contributed by atoms with E-state index in [9.17, 15) is 4.79 Å². The molecule has 106 valence electrons. The molecule has 0 radical (unpaired) electrons. The topological polar surface area (TPSA) is 55.6 Å². The van der Waals surface area contributed by atoms with Crippen LogP contribution < -0.4 is 5.73 Å². The van der Waals surface area contributed by atoms with Gasteiger partial charge in [0.05, 0.1) is 6.61 Å². The van der Waals surface area contributed by atoms with Crippen molar-refractivity contribution in [1.29, 1.82) is 0 Å². The number of piperidine rings is 1. The van der Waals surface area contributed by atoms with Gasteiger partial charge in [0.1, 0.15) is 0 Å². The SMILES string of the molecule is CCOC(=O)CCCCCN1CCCCC1CN. The molecule has 1 unspecified atom stereocenters. The van der Waals surface area contributed by atoms with Gasteiger partial charge in [-0.05, 0) is 45.7 Å². The molecule has 0 aromatic heterocycles. The Morgan fingerprint density at radius 2 is 2.17 bits per heavy atom. The molecule has 18 heavy (non-hydrogen) atoms. The fourth-order valence-electron chi connectivity index (χ4n) is 2.62. The van der Waals surface area contributed by atoms with Crippen molar-refractivity contribution in [1.82, 2.24) is 4.90 Å². The standard InChI is InChI=1S/C14H28N2O2/c1-2-18-14(17)9-4-3-6-10-16-11-7-5-8-13(16)12-15/h13H,2-12,15H2,1H3. The molecule has 1 aliphatic heterocycles. The van der Waals surface area contributed by atoms with Crippen LogP contribution >= 0.6 is 0 Å². The van der Waals surface area contributed by atoms with E-state index in [-0.39, 0.29) is 5.97 Å². The molecule has 1 rings (SSSR count). The van der Waals surface area contributed by atoms with Crippen molar-refractivity contribution in [2.75, 3.05) is 26.2 Å². The van der Waals surface area contributed by atoms with Crippen LogP contribution in [0.1, 0.15) is 51.9 Å². The van der Waals surface area contributed by atoms with Gasteiger partial charge in [-0.2, -0.15) is 0 Å². The van der Waals surface area contributed by atoms with Crippen LogP contribution in [0, 0.1) is 0 Å². The molecule has 2 N–H and O–H groups in total. The number of hydrogen-bond donors (Lipinski definition) is 1. The van der Waals surface area contributed by atoms with E-state index in [0.29, 0.717) is 19.1 Å². The van der Waals surface area contributed by atoms with Crippen molar-refractivity contribution in [3.8, 4) is 0 Å². The Hall–Kier alpha value is -0.610. The van der Waals surface area contributed by atoms with Crippen molar-refractivity contribution in [2.24, 2.45) is 5.73 Å². The van der Waals surface area contributed by atoms with Crippen LogP contribution in [0.3, 0.4) is 0 Å². The Morgan fingerprint density at radius 1 is 1.33 bits per heavy atom. The fourth-order valence-corrected chi connectivity index (χ4v) is 2.62. The monoisotopic (exact) mass is 256 g/mol. The van der Waals surface area contributed by atoms with E-state index in [2.05, 4.69) is 4.90 Å². The summed E-state index contributed by atoms with van der Waals surface area (Å²) >= 11 is 0. The number of rotatable bonds is 8. The van der Waals surface area contributed by atoms with Gasteiger partial charge in [-0.3, -0.25) is 9.69 Å². The first kappa shape index (κ1) is 15.4. The lowest BCUT2D eigenvalue weighted by Gasteiger charge is -2.34. The lowest BCUT2D eigenvalue weighted by Crippen LogP contribution is -2.44. The minimum absolute atomic E-state index is 0.0599. The zero-order valence-electron chi connectivity index (χ0n) is 11.7. The third-order valence-corrected chi connectivity index (χ3v) is 3.65. The highest BCUT2D eigenvalue weighted by atomic mass is 16.5. The number of carbonyl (C=O) groups is 1. The van der Waals surface area contributed by atoms with E-state index in [1.54, 1.807) is 0 Å². The third kappa shape index (κ3) is 5.83. The third-order valence-electron chi connectivity index (χ3n) is 3.65. The van der Waals surface area contributed by atoms with Gasteiger partial charge in [0.25, 0.3) is 0 Å². The molecular formula is C14H28N2O2. The maximum Gasteiger partial charge on any atom is 0.305 e. The Labute approximate surface area is 111 Å². The van der Waals surface area contributed by atoms with Gasteiger partial charge < -0.3 is 10.5 Å². The summed E-state index contributed by atoms with van der Waals surface area (Å²) in [6.45, 7) is 5.44. The van der Waals surface area contributed by atoms with Crippen molar-refractivity contribution >= 4 is 5.97 Å². The molecule has 0 aromatic rings. The van der Waals surface area contributed by atoms with Crippen LogP contribution in [-0.2, 0) is 9.53 Å². The average molecular weight is 256 g/mol. The molecule has 0 spiro atoms. The summed E-state index contributed by atoms with van der Waals surface area (Å²) in [6.07, 6.45) is 7.65. The van der Waals surface area contributed by atoms with Gasteiger partial charge in [0, 0.05) is 19.0 Å². The Morgan fingerprint density at radius 3 is 2.89 bits per heavy atom. The van der Waals surface area contributed by atoms with Crippen molar-refractivity contribution in [3.05, 3.63) is 0 Å². The molecule has 0 saturated carbocycles. The smallest absolute Gasteiger partial charge is 0.305 e. The Bertz CT molecular complexity index is 234. The maximum absolute atomic E-state index is 11.2. The van der Waals surface area contributed by atoms with Crippen LogP contribution in [0.15, 0.2) is 0 Å². The Balaban J connectivity index is 2.04. The average Bonchev–Trinajstić information content (AvgIpc) is 2.39. The molecule has 0 aliphatic carbocycles. The van der Waals surface area contributed by atoms with Gasteiger partial charge in [-0.1, -0.05) is 12.8 Å². The highest BCUT2D eigenvalue weighted by Gasteiger charge is 2.19. The van der Waals surface area contributed by atoms with Gasteiger partial charge in [-0.25, -0.2) is 0 Å².